The summed E-state index contributed by atoms with van der Waals surface area (Å²) in [5.74, 6) is 0. The van der Waals surface area contributed by atoms with Crippen molar-refractivity contribution in [1.29, 1.82) is 0 Å². The largest absolute Gasteiger partial charge is 0.298 e. The van der Waals surface area contributed by atoms with Crippen LogP contribution in [0.15, 0.2) is 24.5 Å². The fourth-order valence-electron chi connectivity index (χ4n) is 1.02. The highest BCUT2D eigenvalue weighted by Crippen LogP contribution is 2.13. The van der Waals surface area contributed by atoms with Gasteiger partial charge >= 0.3 is 0 Å². The first-order valence-corrected chi connectivity index (χ1v) is 5.26. The molecule has 1 aromatic heterocycles. The molecule has 1 heterocycles. The van der Waals surface area contributed by atoms with Crippen molar-refractivity contribution >= 4 is 15.9 Å². The molecule has 0 atom stereocenters. The molecule has 0 amide bonds. The summed E-state index contributed by atoms with van der Waals surface area (Å²) in [6, 6.07) is 3.18. The lowest BCUT2D eigenvalue weighted by Crippen LogP contribution is -2.36. The summed E-state index contributed by atoms with van der Waals surface area (Å²) in [5, 5.41) is 5.00. The molecule has 0 aromatic carbocycles. The first-order valence-electron chi connectivity index (χ1n) is 3.76. The Morgan fingerprint density at radius 3 is 2.38 bits per heavy atom. The van der Waals surface area contributed by atoms with Gasteiger partial charge in [-0.2, -0.15) is 8.42 Å². The van der Waals surface area contributed by atoms with E-state index in [-0.39, 0.29) is 0 Å². The zero-order chi connectivity index (χ0) is 9.90. The second-order valence-electron chi connectivity index (χ2n) is 2.42. The van der Waals surface area contributed by atoms with E-state index in [4.69, 9.17) is 5.14 Å². The molecule has 0 fully saturated rings. The van der Waals surface area contributed by atoms with Crippen LogP contribution >= 0.6 is 0 Å². The van der Waals surface area contributed by atoms with Crippen molar-refractivity contribution in [2.45, 2.75) is 6.92 Å². The minimum Gasteiger partial charge on any atom is -0.265 e. The van der Waals surface area contributed by atoms with Crippen LogP contribution in [0.3, 0.4) is 0 Å². The predicted molar refractivity (Wildman–Crippen MR) is 50.4 cm³/mol. The molecule has 0 unspecified atom stereocenters. The molecule has 5 nitrogen and oxygen atoms in total. The smallest absolute Gasteiger partial charge is 0.265 e. The highest BCUT2D eigenvalue weighted by atomic mass is 32.2. The van der Waals surface area contributed by atoms with Gasteiger partial charge in [-0.15, -0.1) is 0 Å². The fraction of sp³-hybridized carbons (Fsp3) is 0.286. The maximum absolute atomic E-state index is 11.0. The van der Waals surface area contributed by atoms with Gasteiger partial charge in [-0.05, 0) is 19.1 Å². The normalized spacial score (nSPS) is 11.2. The maximum Gasteiger partial charge on any atom is 0.298 e. The highest BCUT2D eigenvalue weighted by molar-refractivity contribution is 7.90. The van der Waals surface area contributed by atoms with E-state index in [9.17, 15) is 8.42 Å². The van der Waals surface area contributed by atoms with E-state index in [1.807, 2.05) is 0 Å². The standard InChI is InChI=1S/C7H11N3O2S/c1-2-10(13(8,11)12)7-3-5-9-6-4-7/h3-6H,2H2,1H3,(H2,8,11,12). The van der Waals surface area contributed by atoms with Crippen molar-refractivity contribution in [3.8, 4) is 0 Å². The van der Waals surface area contributed by atoms with E-state index < -0.39 is 10.2 Å². The van der Waals surface area contributed by atoms with Crippen LogP contribution in [0, 0.1) is 0 Å². The van der Waals surface area contributed by atoms with Gasteiger partial charge in [0, 0.05) is 18.9 Å². The Morgan fingerprint density at radius 2 is 2.00 bits per heavy atom. The summed E-state index contributed by atoms with van der Waals surface area (Å²) < 4.78 is 23.2. The molecular weight excluding hydrogens is 190 g/mol. The maximum atomic E-state index is 11.0. The summed E-state index contributed by atoms with van der Waals surface area (Å²) in [5.41, 5.74) is 0.528. The van der Waals surface area contributed by atoms with Crippen LogP contribution in [-0.2, 0) is 10.2 Å². The molecule has 0 saturated heterocycles. The lowest BCUT2D eigenvalue weighted by Gasteiger charge is -2.18. The number of hydrogen-bond donors (Lipinski definition) is 1. The second-order valence-corrected chi connectivity index (χ2v) is 3.89. The Balaban J connectivity index is 3.06. The minimum absolute atomic E-state index is 0.308. The van der Waals surface area contributed by atoms with E-state index in [0.29, 0.717) is 12.2 Å². The van der Waals surface area contributed by atoms with Crippen molar-refractivity contribution in [1.82, 2.24) is 4.98 Å². The van der Waals surface area contributed by atoms with Crippen LogP contribution in [0.25, 0.3) is 0 Å². The van der Waals surface area contributed by atoms with Crippen LogP contribution < -0.4 is 9.44 Å². The molecule has 0 saturated carbocycles. The topological polar surface area (TPSA) is 76.3 Å². The zero-order valence-electron chi connectivity index (χ0n) is 7.21. The molecule has 1 aromatic rings. The molecule has 0 aliphatic rings. The lowest BCUT2D eigenvalue weighted by molar-refractivity contribution is 0.593. The lowest BCUT2D eigenvalue weighted by atomic mass is 10.4. The summed E-state index contributed by atoms with van der Waals surface area (Å²) in [4.78, 5) is 3.78. The van der Waals surface area contributed by atoms with Crippen LogP contribution in [-0.4, -0.2) is 19.9 Å². The van der Waals surface area contributed by atoms with Crippen molar-refractivity contribution < 1.29 is 8.42 Å². The number of anilines is 1. The third-order valence-electron chi connectivity index (χ3n) is 1.55. The van der Waals surface area contributed by atoms with E-state index in [0.717, 1.165) is 4.31 Å². The molecular formula is C7H11N3O2S. The number of rotatable bonds is 3. The van der Waals surface area contributed by atoms with Gasteiger partial charge < -0.3 is 0 Å². The molecule has 0 spiro atoms. The van der Waals surface area contributed by atoms with E-state index in [1.165, 1.54) is 12.4 Å². The molecule has 6 heteroatoms. The van der Waals surface area contributed by atoms with Crippen LogP contribution in [0.4, 0.5) is 5.69 Å². The van der Waals surface area contributed by atoms with Gasteiger partial charge in [-0.3, -0.25) is 9.29 Å². The second kappa shape index (κ2) is 3.71. The van der Waals surface area contributed by atoms with Crippen LogP contribution in [0.1, 0.15) is 6.92 Å². The van der Waals surface area contributed by atoms with Crippen molar-refractivity contribution in [2.24, 2.45) is 5.14 Å². The van der Waals surface area contributed by atoms with Gasteiger partial charge in [-0.25, -0.2) is 5.14 Å². The third-order valence-corrected chi connectivity index (χ3v) is 2.63. The molecule has 13 heavy (non-hydrogen) atoms. The monoisotopic (exact) mass is 201 g/mol. The Morgan fingerprint density at radius 1 is 1.46 bits per heavy atom. The Labute approximate surface area is 77.4 Å². The van der Waals surface area contributed by atoms with Gasteiger partial charge in [-0.1, -0.05) is 0 Å². The van der Waals surface area contributed by atoms with E-state index in [2.05, 4.69) is 4.98 Å². The van der Waals surface area contributed by atoms with Crippen molar-refractivity contribution in [2.75, 3.05) is 10.8 Å². The van der Waals surface area contributed by atoms with Gasteiger partial charge in [0.15, 0.2) is 0 Å². The van der Waals surface area contributed by atoms with E-state index in [1.54, 1.807) is 19.1 Å². The minimum atomic E-state index is -3.66. The first-order chi connectivity index (χ1) is 6.05. The fourth-order valence-corrected chi connectivity index (χ4v) is 1.80. The molecule has 2 N–H and O–H groups in total. The average molecular weight is 201 g/mol. The highest BCUT2D eigenvalue weighted by Gasteiger charge is 2.14. The van der Waals surface area contributed by atoms with Gasteiger partial charge in [0.25, 0.3) is 10.2 Å². The summed E-state index contributed by atoms with van der Waals surface area (Å²) >= 11 is 0. The van der Waals surface area contributed by atoms with Gasteiger partial charge in [0.2, 0.25) is 0 Å². The van der Waals surface area contributed by atoms with Crippen LogP contribution in [0.2, 0.25) is 0 Å². The summed E-state index contributed by atoms with van der Waals surface area (Å²) in [6.07, 6.45) is 3.03. The molecule has 1 rings (SSSR count). The van der Waals surface area contributed by atoms with Crippen molar-refractivity contribution in [3.05, 3.63) is 24.5 Å². The predicted octanol–water partition coefficient (Wildman–Crippen LogP) is 0.111. The number of pyridine rings is 1. The summed E-state index contributed by atoms with van der Waals surface area (Å²) in [6.45, 7) is 2.02. The number of hydrogen-bond acceptors (Lipinski definition) is 3. The molecule has 0 bridgehead atoms. The van der Waals surface area contributed by atoms with Gasteiger partial charge in [0.05, 0.1) is 5.69 Å². The Bertz CT molecular complexity index is 363. The molecule has 0 aliphatic carbocycles. The van der Waals surface area contributed by atoms with Crippen molar-refractivity contribution in [3.63, 3.8) is 0 Å². The zero-order valence-corrected chi connectivity index (χ0v) is 8.03. The van der Waals surface area contributed by atoms with E-state index >= 15 is 0 Å². The SMILES string of the molecule is CCN(c1ccncc1)S(N)(=O)=O. The Hall–Kier alpha value is -1.14. The first kappa shape index (κ1) is 9.94. The average Bonchev–Trinajstić information content (AvgIpc) is 2.05. The third kappa shape index (κ3) is 2.40. The summed E-state index contributed by atoms with van der Waals surface area (Å²) in [7, 11) is -3.66. The van der Waals surface area contributed by atoms with Crippen LogP contribution in [0.5, 0.6) is 0 Å². The quantitative estimate of drug-likeness (QED) is 0.754. The number of aromatic nitrogens is 1. The molecule has 0 aliphatic heterocycles. The Kier molecular flexibility index (Phi) is 2.84. The molecule has 72 valence electrons. The number of nitrogens with two attached hydrogens (primary N) is 1. The van der Waals surface area contributed by atoms with Gasteiger partial charge in [0.1, 0.15) is 0 Å². The molecule has 0 radical (unpaired) electrons. The number of nitrogens with zero attached hydrogens (tertiary/aromatic N) is 2.